The molecule has 0 aliphatic heterocycles. The number of methoxy groups -OCH3 is 2. The maximum atomic E-state index is 5.03. The summed E-state index contributed by atoms with van der Waals surface area (Å²) in [7, 11) is 3.33. The molecule has 1 radical (unpaired) electrons. The van der Waals surface area contributed by atoms with E-state index in [9.17, 15) is 0 Å². The summed E-state index contributed by atoms with van der Waals surface area (Å²) in [5.41, 5.74) is 0. The molecule has 0 saturated heterocycles. The molecule has 0 amide bonds. The van der Waals surface area contributed by atoms with Crippen molar-refractivity contribution in [1.82, 2.24) is 0 Å². The van der Waals surface area contributed by atoms with Gasteiger partial charge in [-0.15, -0.1) is 0 Å². The van der Waals surface area contributed by atoms with Gasteiger partial charge >= 0.3 is 0 Å². The Morgan fingerprint density at radius 1 is 1.30 bits per heavy atom. The lowest BCUT2D eigenvalue weighted by Crippen LogP contribution is -2.02. The van der Waals surface area contributed by atoms with E-state index in [4.69, 9.17) is 9.47 Å². The number of hydrogen-bond acceptors (Lipinski definition) is 2. The Bertz CT molecular complexity index is 159. The van der Waals surface area contributed by atoms with Gasteiger partial charge in [0, 0.05) is 13.5 Å². The van der Waals surface area contributed by atoms with Crippen molar-refractivity contribution in [2.75, 3.05) is 14.2 Å². The van der Waals surface area contributed by atoms with Crippen molar-refractivity contribution in [1.29, 1.82) is 0 Å². The molecule has 2 nitrogen and oxygen atoms in total. The summed E-state index contributed by atoms with van der Waals surface area (Å²) in [5.74, 6) is 0.944. The van der Waals surface area contributed by atoms with Crippen LogP contribution in [0.2, 0.25) is 0 Å². The highest BCUT2D eigenvalue weighted by Crippen LogP contribution is 2.20. The molecular formula is C8H11O2. The second kappa shape index (κ2) is 3.42. The summed E-state index contributed by atoms with van der Waals surface area (Å²) in [6, 6.07) is 0. The van der Waals surface area contributed by atoms with E-state index in [-0.39, 0.29) is 0 Å². The zero-order valence-corrected chi connectivity index (χ0v) is 6.26. The van der Waals surface area contributed by atoms with E-state index in [1.807, 2.05) is 18.2 Å². The van der Waals surface area contributed by atoms with Crippen molar-refractivity contribution < 1.29 is 9.47 Å². The Morgan fingerprint density at radius 3 is 2.70 bits per heavy atom. The minimum atomic E-state index is 0.767. The fourth-order valence-corrected chi connectivity index (χ4v) is 0.833. The molecule has 10 heavy (non-hydrogen) atoms. The number of allylic oxidation sites excluding steroid dienone is 2. The molecule has 0 aromatic rings. The van der Waals surface area contributed by atoms with Crippen molar-refractivity contribution >= 4 is 0 Å². The first-order chi connectivity index (χ1) is 4.86. The van der Waals surface area contributed by atoms with Crippen LogP contribution >= 0.6 is 0 Å². The van der Waals surface area contributed by atoms with Crippen LogP contribution in [-0.2, 0) is 9.47 Å². The number of rotatable bonds is 2. The molecule has 0 atom stereocenters. The molecule has 0 saturated carbocycles. The minimum absolute atomic E-state index is 0.767. The van der Waals surface area contributed by atoms with Gasteiger partial charge in [0.1, 0.15) is 6.10 Å². The average molecular weight is 139 g/mol. The van der Waals surface area contributed by atoms with Crippen molar-refractivity contribution in [3.05, 3.63) is 30.1 Å². The topological polar surface area (TPSA) is 18.5 Å². The van der Waals surface area contributed by atoms with Crippen molar-refractivity contribution in [2.24, 2.45) is 0 Å². The Balaban J connectivity index is 2.50. The molecule has 0 fully saturated rings. The van der Waals surface area contributed by atoms with Gasteiger partial charge < -0.3 is 9.47 Å². The summed E-state index contributed by atoms with van der Waals surface area (Å²) in [6.45, 7) is 0. The first-order valence-electron chi connectivity index (χ1n) is 3.18. The molecular weight excluding hydrogens is 128 g/mol. The third-order valence-corrected chi connectivity index (χ3v) is 1.44. The standard InChI is InChI=1S/C8H11O2/c1-9-7-4-3-5-8(6-7)10-2/h3-5H,6H2,1-2H3. The van der Waals surface area contributed by atoms with Crippen LogP contribution in [0, 0.1) is 6.10 Å². The molecule has 0 aromatic carbocycles. The molecule has 55 valence electrons. The van der Waals surface area contributed by atoms with Crippen LogP contribution in [-0.4, -0.2) is 14.2 Å². The van der Waals surface area contributed by atoms with E-state index in [0.29, 0.717) is 0 Å². The Morgan fingerprint density at radius 2 is 2.10 bits per heavy atom. The van der Waals surface area contributed by atoms with Gasteiger partial charge in [0.25, 0.3) is 0 Å². The predicted molar refractivity (Wildman–Crippen MR) is 39.1 cm³/mol. The van der Waals surface area contributed by atoms with Crippen LogP contribution in [0.15, 0.2) is 24.0 Å². The van der Waals surface area contributed by atoms with Crippen molar-refractivity contribution in [2.45, 2.75) is 6.42 Å². The monoisotopic (exact) mass is 139 g/mol. The second-order valence-corrected chi connectivity index (χ2v) is 2.04. The smallest absolute Gasteiger partial charge is 0.126 e. The quantitative estimate of drug-likeness (QED) is 0.579. The van der Waals surface area contributed by atoms with E-state index in [1.54, 1.807) is 14.2 Å². The fraction of sp³-hybridized carbons (Fsp3) is 0.375. The lowest BCUT2D eigenvalue weighted by atomic mass is 10.1. The molecule has 0 N–H and O–H groups in total. The second-order valence-electron chi connectivity index (χ2n) is 2.04. The molecule has 2 heteroatoms. The third kappa shape index (κ3) is 1.61. The highest BCUT2D eigenvalue weighted by atomic mass is 16.5. The van der Waals surface area contributed by atoms with Gasteiger partial charge in [-0.25, -0.2) is 0 Å². The molecule has 1 aliphatic rings. The van der Waals surface area contributed by atoms with E-state index in [0.717, 1.165) is 18.3 Å². The Hall–Kier alpha value is -0.760. The van der Waals surface area contributed by atoms with E-state index in [1.165, 1.54) is 0 Å². The fourth-order valence-electron chi connectivity index (χ4n) is 0.833. The lowest BCUT2D eigenvalue weighted by molar-refractivity contribution is 0.197. The first-order valence-corrected chi connectivity index (χ1v) is 3.18. The van der Waals surface area contributed by atoms with Crippen LogP contribution in [0.25, 0.3) is 0 Å². The molecule has 0 heterocycles. The van der Waals surface area contributed by atoms with Crippen LogP contribution in [0.5, 0.6) is 0 Å². The molecule has 1 rings (SSSR count). The van der Waals surface area contributed by atoms with E-state index in [2.05, 4.69) is 0 Å². The normalized spacial score (nSPS) is 18.8. The van der Waals surface area contributed by atoms with Gasteiger partial charge in [0.2, 0.25) is 0 Å². The average Bonchev–Trinajstić information content (AvgIpc) is 2.05. The van der Waals surface area contributed by atoms with E-state index < -0.39 is 0 Å². The molecule has 1 aliphatic carbocycles. The van der Waals surface area contributed by atoms with Gasteiger partial charge in [-0.2, -0.15) is 0 Å². The first kappa shape index (κ1) is 7.35. The molecule has 0 spiro atoms. The molecule has 0 aromatic heterocycles. The van der Waals surface area contributed by atoms with Crippen LogP contribution < -0.4 is 0 Å². The highest BCUT2D eigenvalue weighted by molar-refractivity contribution is 5.23. The lowest BCUT2D eigenvalue weighted by Gasteiger charge is -2.14. The van der Waals surface area contributed by atoms with Gasteiger partial charge in [0.05, 0.1) is 12.9 Å². The summed E-state index contributed by atoms with van der Waals surface area (Å²) in [5, 5.41) is 0. The van der Waals surface area contributed by atoms with Crippen LogP contribution in [0.3, 0.4) is 0 Å². The Kier molecular flexibility index (Phi) is 2.51. The summed E-state index contributed by atoms with van der Waals surface area (Å²) < 4.78 is 10.1. The predicted octanol–water partition coefficient (Wildman–Crippen LogP) is 1.65. The van der Waals surface area contributed by atoms with Crippen molar-refractivity contribution in [3.63, 3.8) is 0 Å². The highest BCUT2D eigenvalue weighted by Gasteiger charge is 2.10. The van der Waals surface area contributed by atoms with Gasteiger partial charge in [-0.3, -0.25) is 0 Å². The van der Waals surface area contributed by atoms with Crippen molar-refractivity contribution in [3.8, 4) is 0 Å². The largest absolute Gasteiger partial charge is 0.501 e. The van der Waals surface area contributed by atoms with Gasteiger partial charge in [-0.05, 0) is 12.2 Å². The summed E-state index contributed by atoms with van der Waals surface area (Å²) in [4.78, 5) is 0. The Labute approximate surface area is 61.1 Å². The molecule has 0 unspecified atom stereocenters. The summed E-state index contributed by atoms with van der Waals surface area (Å²) in [6.07, 6.45) is 7.50. The zero-order chi connectivity index (χ0) is 7.40. The zero-order valence-electron chi connectivity index (χ0n) is 6.26. The minimum Gasteiger partial charge on any atom is -0.501 e. The van der Waals surface area contributed by atoms with Crippen LogP contribution in [0.1, 0.15) is 6.42 Å². The summed E-state index contributed by atoms with van der Waals surface area (Å²) >= 11 is 0. The van der Waals surface area contributed by atoms with Crippen LogP contribution in [0.4, 0.5) is 0 Å². The maximum absolute atomic E-state index is 5.03. The third-order valence-electron chi connectivity index (χ3n) is 1.44. The maximum Gasteiger partial charge on any atom is 0.126 e. The van der Waals surface area contributed by atoms with E-state index >= 15 is 0 Å². The number of ether oxygens (including phenoxy) is 2. The SMILES string of the molecule is CO[C]1C=CC=C(OC)C1. The number of hydrogen-bond donors (Lipinski definition) is 0. The van der Waals surface area contributed by atoms with Gasteiger partial charge in [-0.1, -0.05) is 6.08 Å². The van der Waals surface area contributed by atoms with Gasteiger partial charge in [0.15, 0.2) is 0 Å². The molecule has 0 bridgehead atoms.